The molecule has 0 aliphatic rings. The van der Waals surface area contributed by atoms with Gasteiger partial charge in [-0.2, -0.15) is 26.6 Å². The molecule has 0 radical (unpaired) electrons. The highest BCUT2D eigenvalue weighted by atomic mass is 35.5. The topological polar surface area (TPSA) is 96.0 Å². The Bertz CT molecular complexity index is 893. The predicted octanol–water partition coefficient (Wildman–Crippen LogP) is 3.83. The van der Waals surface area contributed by atoms with Gasteiger partial charge in [0, 0.05) is 12.7 Å². The van der Waals surface area contributed by atoms with Crippen LogP contribution in [0, 0.1) is 0 Å². The highest BCUT2D eigenvalue weighted by molar-refractivity contribution is 7.93. The quantitative estimate of drug-likeness (QED) is 0.686. The molecule has 0 aliphatic carbocycles. The molecule has 1 aromatic heterocycles. The smallest absolute Gasteiger partial charge is 0.371 e. The Balaban J connectivity index is 2.28. The van der Waals surface area contributed by atoms with Gasteiger partial charge in [0.15, 0.2) is 5.82 Å². The van der Waals surface area contributed by atoms with Crippen molar-refractivity contribution in [2.45, 2.75) is 5.51 Å². The van der Waals surface area contributed by atoms with Crippen molar-refractivity contribution in [3.05, 3.63) is 34.4 Å². The molecule has 2 rings (SSSR count). The second kappa shape index (κ2) is 7.10. The standard InChI is InChI=1S/C12H10Cl2F3N5O2S/c1-18-10-9(22-25(23,24)12(15,16)17)5-19-11(21-10)20-6-2-3-7(13)8(14)4-6/h2-5,22H,1H3,(H2,18,19,20,21). The van der Waals surface area contributed by atoms with Crippen LogP contribution in [0.15, 0.2) is 24.4 Å². The minimum absolute atomic E-state index is 0.00213. The molecule has 0 amide bonds. The van der Waals surface area contributed by atoms with Crippen LogP contribution < -0.4 is 15.4 Å². The lowest BCUT2D eigenvalue weighted by Crippen LogP contribution is -2.30. The molecule has 0 aliphatic heterocycles. The van der Waals surface area contributed by atoms with Crippen molar-refractivity contribution in [3.63, 3.8) is 0 Å². The van der Waals surface area contributed by atoms with Crippen LogP contribution >= 0.6 is 23.2 Å². The fourth-order valence-electron chi connectivity index (χ4n) is 1.61. The number of halogens is 5. The second-order valence-electron chi connectivity index (χ2n) is 4.51. The van der Waals surface area contributed by atoms with E-state index in [-0.39, 0.29) is 16.8 Å². The lowest BCUT2D eigenvalue weighted by molar-refractivity contribution is -0.0429. The third-order valence-electron chi connectivity index (χ3n) is 2.75. The summed E-state index contributed by atoms with van der Waals surface area (Å²) in [6.45, 7) is 0. The Morgan fingerprint density at radius 3 is 2.40 bits per heavy atom. The number of alkyl halides is 3. The number of hydrogen-bond acceptors (Lipinski definition) is 6. The predicted molar refractivity (Wildman–Crippen MR) is 89.9 cm³/mol. The summed E-state index contributed by atoms with van der Waals surface area (Å²) >= 11 is 11.7. The van der Waals surface area contributed by atoms with Crippen molar-refractivity contribution < 1.29 is 21.6 Å². The molecule has 13 heteroatoms. The van der Waals surface area contributed by atoms with E-state index < -0.39 is 21.2 Å². The summed E-state index contributed by atoms with van der Waals surface area (Å²) < 4.78 is 61.1. The van der Waals surface area contributed by atoms with Crippen molar-refractivity contribution in [2.75, 3.05) is 22.4 Å². The van der Waals surface area contributed by atoms with Crippen molar-refractivity contribution >= 4 is 56.4 Å². The monoisotopic (exact) mass is 415 g/mol. The van der Waals surface area contributed by atoms with Crippen LogP contribution in [-0.4, -0.2) is 30.9 Å². The zero-order valence-corrected chi connectivity index (χ0v) is 14.6. The maximum Gasteiger partial charge on any atom is 0.516 e. The third kappa shape index (κ3) is 4.55. The van der Waals surface area contributed by atoms with Crippen LogP contribution in [-0.2, 0) is 10.0 Å². The van der Waals surface area contributed by atoms with Gasteiger partial charge in [0.1, 0.15) is 5.69 Å². The molecular formula is C12H10Cl2F3N5O2S. The number of rotatable bonds is 5. The maximum absolute atomic E-state index is 12.4. The molecule has 1 aromatic carbocycles. The molecule has 0 fully saturated rings. The van der Waals surface area contributed by atoms with Crippen LogP contribution in [0.1, 0.15) is 0 Å². The van der Waals surface area contributed by atoms with Crippen LogP contribution in [0.3, 0.4) is 0 Å². The molecule has 3 N–H and O–H groups in total. The number of anilines is 4. The van der Waals surface area contributed by atoms with E-state index in [2.05, 4.69) is 20.6 Å². The van der Waals surface area contributed by atoms with E-state index >= 15 is 0 Å². The molecule has 0 saturated carbocycles. The van der Waals surface area contributed by atoms with Gasteiger partial charge in [-0.1, -0.05) is 23.2 Å². The van der Waals surface area contributed by atoms with Gasteiger partial charge in [0.05, 0.1) is 16.2 Å². The first-order valence-corrected chi connectivity index (χ1v) is 8.63. The van der Waals surface area contributed by atoms with Gasteiger partial charge in [-0.15, -0.1) is 0 Å². The van der Waals surface area contributed by atoms with Crippen molar-refractivity contribution in [1.29, 1.82) is 0 Å². The van der Waals surface area contributed by atoms with Crippen LogP contribution in [0.5, 0.6) is 0 Å². The average molecular weight is 416 g/mol. The number of benzene rings is 1. The molecule has 1 heterocycles. The first-order chi connectivity index (χ1) is 11.5. The van der Waals surface area contributed by atoms with Crippen LogP contribution in [0.4, 0.5) is 36.3 Å². The summed E-state index contributed by atoms with van der Waals surface area (Å²) in [6, 6.07) is 4.60. The molecule has 7 nitrogen and oxygen atoms in total. The fourth-order valence-corrected chi connectivity index (χ4v) is 2.47. The maximum atomic E-state index is 12.4. The molecule has 0 bridgehead atoms. The van der Waals surface area contributed by atoms with E-state index in [9.17, 15) is 21.6 Å². The van der Waals surface area contributed by atoms with Gasteiger partial charge in [-0.25, -0.2) is 4.98 Å². The molecule has 0 unspecified atom stereocenters. The first kappa shape index (κ1) is 19.3. The lowest BCUT2D eigenvalue weighted by Gasteiger charge is -2.14. The van der Waals surface area contributed by atoms with Gasteiger partial charge in [0.2, 0.25) is 5.95 Å². The largest absolute Gasteiger partial charge is 0.516 e. The van der Waals surface area contributed by atoms with Crippen molar-refractivity contribution in [2.24, 2.45) is 0 Å². The van der Waals surface area contributed by atoms with Crippen LogP contribution in [0.2, 0.25) is 10.0 Å². The number of aromatic nitrogens is 2. The number of sulfonamides is 1. The van der Waals surface area contributed by atoms with E-state index in [1.165, 1.54) is 23.9 Å². The van der Waals surface area contributed by atoms with E-state index in [1.807, 2.05) is 0 Å². The summed E-state index contributed by atoms with van der Waals surface area (Å²) in [6.07, 6.45) is 0.891. The fraction of sp³-hybridized carbons (Fsp3) is 0.167. The first-order valence-electron chi connectivity index (χ1n) is 6.39. The zero-order chi connectivity index (χ0) is 18.8. The molecule has 2 aromatic rings. The van der Waals surface area contributed by atoms with Gasteiger partial charge < -0.3 is 10.6 Å². The Labute approximate surface area is 150 Å². The summed E-state index contributed by atoms with van der Waals surface area (Å²) in [5.41, 5.74) is -5.45. The number of nitrogens with zero attached hydrogens (tertiary/aromatic N) is 2. The van der Waals surface area contributed by atoms with E-state index in [0.717, 1.165) is 6.20 Å². The lowest BCUT2D eigenvalue weighted by atomic mass is 10.3. The summed E-state index contributed by atoms with van der Waals surface area (Å²) in [4.78, 5) is 7.67. The Morgan fingerprint density at radius 1 is 1.16 bits per heavy atom. The van der Waals surface area contributed by atoms with Crippen molar-refractivity contribution in [3.8, 4) is 0 Å². The van der Waals surface area contributed by atoms with Gasteiger partial charge in [-0.05, 0) is 18.2 Å². The minimum Gasteiger partial charge on any atom is -0.371 e. The normalized spacial score (nSPS) is 11.9. The SMILES string of the molecule is CNc1nc(Nc2ccc(Cl)c(Cl)c2)ncc1NS(=O)(=O)C(F)(F)F. The Kier molecular flexibility index (Phi) is 5.49. The summed E-state index contributed by atoms with van der Waals surface area (Å²) in [5, 5.41) is 5.85. The molecule has 25 heavy (non-hydrogen) atoms. The molecular weight excluding hydrogens is 406 g/mol. The molecule has 136 valence electrons. The van der Waals surface area contributed by atoms with Gasteiger partial charge in [-0.3, -0.25) is 4.72 Å². The Morgan fingerprint density at radius 2 is 1.84 bits per heavy atom. The zero-order valence-electron chi connectivity index (χ0n) is 12.3. The third-order valence-corrected chi connectivity index (χ3v) is 4.59. The average Bonchev–Trinajstić information content (AvgIpc) is 2.51. The number of nitrogens with one attached hydrogen (secondary N) is 3. The van der Waals surface area contributed by atoms with Gasteiger partial charge in [0.25, 0.3) is 0 Å². The summed E-state index contributed by atoms with van der Waals surface area (Å²) in [5.74, 6) is -0.164. The van der Waals surface area contributed by atoms with Gasteiger partial charge >= 0.3 is 15.5 Å². The Hall–Kier alpha value is -1.98. The summed E-state index contributed by atoms with van der Waals surface area (Å²) in [7, 11) is -4.23. The van der Waals surface area contributed by atoms with Crippen LogP contribution in [0.25, 0.3) is 0 Å². The molecule has 0 spiro atoms. The van der Waals surface area contributed by atoms with E-state index in [1.54, 1.807) is 6.07 Å². The van der Waals surface area contributed by atoms with Crippen molar-refractivity contribution in [1.82, 2.24) is 9.97 Å². The van der Waals surface area contributed by atoms with E-state index in [0.29, 0.717) is 10.7 Å². The highest BCUT2D eigenvalue weighted by Crippen LogP contribution is 2.30. The second-order valence-corrected chi connectivity index (χ2v) is 7.00. The highest BCUT2D eigenvalue weighted by Gasteiger charge is 2.46. The molecule has 0 atom stereocenters. The molecule has 0 saturated heterocycles. The number of hydrogen-bond donors (Lipinski definition) is 3. The minimum atomic E-state index is -5.59. The van der Waals surface area contributed by atoms with E-state index in [4.69, 9.17) is 23.2 Å².